The van der Waals surface area contributed by atoms with Crippen LogP contribution in [-0.2, 0) is 19.4 Å². The molecule has 0 aromatic heterocycles. The van der Waals surface area contributed by atoms with Crippen LogP contribution in [0.25, 0.3) is 0 Å². The molecule has 2 heterocycles. The maximum atomic E-state index is 10.4. The standard InChI is InChI=1S/C25H25NO3/c1-29-24-14-21-19(13-23(24)28)12-22-20-8-7-16(15-27)11-18(20)9-10-26(22)25(21)17-5-3-2-4-6-17/h2-8,11,13-14,22,25,27-28H,9-10,12,15H2,1H3/t22-,25+/m0/s1. The third kappa shape index (κ3) is 3.00. The molecule has 29 heavy (non-hydrogen) atoms. The number of hydrogen-bond acceptors (Lipinski definition) is 4. The lowest BCUT2D eigenvalue weighted by Gasteiger charge is -2.47. The highest BCUT2D eigenvalue weighted by molar-refractivity contribution is 5.53. The van der Waals surface area contributed by atoms with Gasteiger partial charge in [0.25, 0.3) is 0 Å². The smallest absolute Gasteiger partial charge is 0.160 e. The summed E-state index contributed by atoms with van der Waals surface area (Å²) in [6.45, 7) is 1.03. The summed E-state index contributed by atoms with van der Waals surface area (Å²) in [5, 5.41) is 19.9. The number of phenols is 1. The molecule has 3 aromatic rings. The van der Waals surface area contributed by atoms with Gasteiger partial charge in [0.15, 0.2) is 11.5 Å². The number of aliphatic hydroxyl groups excluding tert-OH is 1. The van der Waals surface area contributed by atoms with Gasteiger partial charge in [0, 0.05) is 12.6 Å². The molecule has 4 heteroatoms. The molecule has 0 aliphatic carbocycles. The maximum absolute atomic E-state index is 10.4. The van der Waals surface area contributed by atoms with Crippen molar-refractivity contribution in [2.45, 2.75) is 31.5 Å². The largest absolute Gasteiger partial charge is 0.504 e. The Kier molecular flexibility index (Phi) is 4.53. The number of aliphatic hydroxyl groups is 1. The zero-order chi connectivity index (χ0) is 20.0. The lowest BCUT2D eigenvalue weighted by molar-refractivity contribution is 0.128. The number of benzene rings is 3. The minimum Gasteiger partial charge on any atom is -0.504 e. The van der Waals surface area contributed by atoms with Crippen LogP contribution in [0.2, 0.25) is 0 Å². The molecule has 3 aromatic carbocycles. The van der Waals surface area contributed by atoms with Gasteiger partial charge in [0.1, 0.15) is 0 Å². The van der Waals surface area contributed by atoms with E-state index < -0.39 is 0 Å². The van der Waals surface area contributed by atoms with E-state index in [0.717, 1.165) is 30.5 Å². The first-order chi connectivity index (χ1) is 14.2. The van der Waals surface area contributed by atoms with Crippen LogP contribution >= 0.6 is 0 Å². The molecule has 0 saturated carbocycles. The first-order valence-electron chi connectivity index (χ1n) is 10.1. The molecule has 0 fully saturated rings. The molecule has 4 nitrogen and oxygen atoms in total. The topological polar surface area (TPSA) is 52.9 Å². The van der Waals surface area contributed by atoms with Gasteiger partial charge in [-0.25, -0.2) is 0 Å². The van der Waals surface area contributed by atoms with Crippen molar-refractivity contribution in [3.05, 3.63) is 94.0 Å². The number of ether oxygens (including phenoxy) is 1. The number of phenolic OH excluding ortho intramolecular Hbond substituents is 1. The van der Waals surface area contributed by atoms with Gasteiger partial charge in [-0.05, 0) is 58.4 Å². The molecule has 2 aliphatic heterocycles. The highest BCUT2D eigenvalue weighted by atomic mass is 16.5. The predicted molar refractivity (Wildman–Crippen MR) is 112 cm³/mol. The molecule has 0 amide bonds. The molecule has 0 spiro atoms. The van der Waals surface area contributed by atoms with E-state index >= 15 is 0 Å². The van der Waals surface area contributed by atoms with Gasteiger partial charge in [0.2, 0.25) is 0 Å². The van der Waals surface area contributed by atoms with E-state index in [-0.39, 0.29) is 24.4 Å². The van der Waals surface area contributed by atoms with Crippen LogP contribution in [0.3, 0.4) is 0 Å². The monoisotopic (exact) mass is 387 g/mol. The molecule has 0 saturated heterocycles. The summed E-state index contributed by atoms with van der Waals surface area (Å²) in [7, 11) is 1.60. The Morgan fingerprint density at radius 2 is 1.83 bits per heavy atom. The van der Waals surface area contributed by atoms with Crippen LogP contribution < -0.4 is 4.74 Å². The van der Waals surface area contributed by atoms with Crippen molar-refractivity contribution in [3.63, 3.8) is 0 Å². The van der Waals surface area contributed by atoms with Crippen LogP contribution in [0.15, 0.2) is 60.7 Å². The fourth-order valence-corrected chi connectivity index (χ4v) is 5.03. The molecule has 0 radical (unpaired) electrons. The van der Waals surface area contributed by atoms with Crippen molar-refractivity contribution in [1.29, 1.82) is 0 Å². The van der Waals surface area contributed by atoms with Crippen molar-refractivity contribution in [2.75, 3.05) is 13.7 Å². The first-order valence-corrected chi connectivity index (χ1v) is 10.1. The van der Waals surface area contributed by atoms with Gasteiger partial charge < -0.3 is 14.9 Å². The van der Waals surface area contributed by atoms with Crippen molar-refractivity contribution >= 4 is 0 Å². The van der Waals surface area contributed by atoms with Gasteiger partial charge >= 0.3 is 0 Å². The molecule has 2 atom stereocenters. The number of aromatic hydroxyl groups is 1. The minimum atomic E-state index is 0.0742. The van der Waals surface area contributed by atoms with E-state index in [1.165, 1.54) is 22.3 Å². The molecular formula is C25H25NO3. The Bertz CT molecular complexity index is 1050. The summed E-state index contributed by atoms with van der Waals surface area (Å²) < 4.78 is 5.42. The third-order valence-electron chi connectivity index (χ3n) is 6.38. The van der Waals surface area contributed by atoms with Crippen molar-refractivity contribution < 1.29 is 14.9 Å². The highest BCUT2D eigenvalue weighted by Crippen LogP contribution is 2.48. The molecular weight excluding hydrogens is 362 g/mol. The Hall–Kier alpha value is -2.82. The molecule has 2 aliphatic rings. The summed E-state index contributed by atoms with van der Waals surface area (Å²) in [4.78, 5) is 2.58. The van der Waals surface area contributed by atoms with Crippen LogP contribution in [0, 0.1) is 0 Å². The van der Waals surface area contributed by atoms with Crippen molar-refractivity contribution in [3.8, 4) is 11.5 Å². The zero-order valence-corrected chi connectivity index (χ0v) is 16.5. The fraction of sp³-hybridized carbons (Fsp3) is 0.280. The van der Waals surface area contributed by atoms with Crippen LogP contribution in [0.1, 0.15) is 45.5 Å². The summed E-state index contributed by atoms with van der Waals surface area (Å²) in [5.41, 5.74) is 7.24. The molecule has 0 bridgehead atoms. The van der Waals surface area contributed by atoms with E-state index in [0.29, 0.717) is 5.75 Å². The normalized spacial score (nSPS) is 20.5. The Balaban J connectivity index is 1.68. The minimum absolute atomic E-state index is 0.0742. The number of hydrogen-bond donors (Lipinski definition) is 2. The average molecular weight is 387 g/mol. The first kappa shape index (κ1) is 18.2. The fourth-order valence-electron chi connectivity index (χ4n) is 5.03. The summed E-state index contributed by atoms with van der Waals surface area (Å²) >= 11 is 0. The quantitative estimate of drug-likeness (QED) is 0.709. The molecule has 5 rings (SSSR count). The van der Waals surface area contributed by atoms with Gasteiger partial charge in [-0.15, -0.1) is 0 Å². The SMILES string of the molecule is COc1cc2c(cc1O)C[C@H]1c3ccc(CO)cc3CCN1[C@@H]2c1ccccc1. The number of nitrogens with zero attached hydrogens (tertiary/aromatic N) is 1. The second-order valence-corrected chi connectivity index (χ2v) is 7.94. The van der Waals surface area contributed by atoms with E-state index in [1.807, 2.05) is 24.3 Å². The van der Waals surface area contributed by atoms with E-state index in [9.17, 15) is 10.2 Å². The second-order valence-electron chi connectivity index (χ2n) is 7.94. The third-order valence-corrected chi connectivity index (χ3v) is 6.38. The molecule has 148 valence electrons. The van der Waals surface area contributed by atoms with Crippen molar-refractivity contribution in [1.82, 2.24) is 4.90 Å². The van der Waals surface area contributed by atoms with Crippen molar-refractivity contribution in [2.24, 2.45) is 0 Å². The second kappa shape index (κ2) is 7.21. The predicted octanol–water partition coefficient (Wildman–Crippen LogP) is 4.14. The van der Waals surface area contributed by atoms with E-state index in [2.05, 4.69) is 41.3 Å². The highest BCUT2D eigenvalue weighted by Gasteiger charge is 2.39. The zero-order valence-electron chi connectivity index (χ0n) is 16.5. The van der Waals surface area contributed by atoms with Crippen LogP contribution in [-0.4, -0.2) is 28.8 Å². The number of methoxy groups -OCH3 is 1. The van der Waals surface area contributed by atoms with Crippen LogP contribution in [0.5, 0.6) is 11.5 Å². The van der Waals surface area contributed by atoms with E-state index in [1.54, 1.807) is 7.11 Å². The Morgan fingerprint density at radius 1 is 1.00 bits per heavy atom. The van der Waals surface area contributed by atoms with Crippen LogP contribution in [0.4, 0.5) is 0 Å². The Labute approximate surface area is 171 Å². The van der Waals surface area contributed by atoms with Gasteiger partial charge in [-0.2, -0.15) is 0 Å². The molecule has 2 N–H and O–H groups in total. The Morgan fingerprint density at radius 3 is 2.59 bits per heavy atom. The van der Waals surface area contributed by atoms with E-state index in [4.69, 9.17) is 4.74 Å². The lowest BCUT2D eigenvalue weighted by atomic mass is 9.78. The summed E-state index contributed by atoms with van der Waals surface area (Å²) in [5.74, 6) is 0.714. The lowest BCUT2D eigenvalue weighted by Crippen LogP contribution is -2.43. The number of rotatable bonds is 3. The molecule has 0 unspecified atom stereocenters. The van der Waals surface area contributed by atoms with Gasteiger partial charge in [-0.1, -0.05) is 48.5 Å². The van der Waals surface area contributed by atoms with Gasteiger partial charge in [-0.3, -0.25) is 4.90 Å². The summed E-state index contributed by atoms with van der Waals surface area (Å²) in [6, 6.07) is 21.2. The summed E-state index contributed by atoms with van der Waals surface area (Å²) in [6.07, 6.45) is 1.81. The average Bonchev–Trinajstić information content (AvgIpc) is 2.77. The van der Waals surface area contributed by atoms with Gasteiger partial charge in [0.05, 0.1) is 19.8 Å². The maximum Gasteiger partial charge on any atom is 0.160 e. The number of fused-ring (bicyclic) bond motifs is 4.